The molecule has 0 aromatic rings. The molecule has 1 aliphatic carbocycles. The topological polar surface area (TPSA) is 20.2 Å². The quantitative estimate of drug-likeness (QED) is 0.685. The van der Waals surface area contributed by atoms with E-state index in [1.165, 1.54) is 44.3 Å². The Bertz CT molecular complexity index is 141. The van der Waals surface area contributed by atoms with Crippen LogP contribution in [0.15, 0.2) is 0 Å². The maximum absolute atomic E-state index is 10.2. The molecule has 0 spiro atoms. The molecular formula is C12H24OS. The summed E-state index contributed by atoms with van der Waals surface area (Å²) in [6.07, 6.45) is 9.80. The number of rotatable bonds is 6. The molecule has 0 radical (unpaired) electrons. The molecule has 0 aromatic carbocycles. The lowest BCUT2D eigenvalue weighted by Crippen LogP contribution is -2.34. The van der Waals surface area contributed by atoms with Crippen molar-refractivity contribution in [1.29, 1.82) is 0 Å². The first-order chi connectivity index (χ1) is 6.77. The summed E-state index contributed by atoms with van der Waals surface area (Å²) >= 11 is 1.95. The van der Waals surface area contributed by atoms with Gasteiger partial charge < -0.3 is 5.11 Å². The third kappa shape index (κ3) is 4.70. The van der Waals surface area contributed by atoms with Crippen LogP contribution in [0.5, 0.6) is 0 Å². The second-order valence-corrected chi connectivity index (χ2v) is 5.65. The van der Waals surface area contributed by atoms with Gasteiger partial charge in [0.25, 0.3) is 0 Å². The van der Waals surface area contributed by atoms with Gasteiger partial charge in [-0.1, -0.05) is 39.0 Å². The summed E-state index contributed by atoms with van der Waals surface area (Å²) in [5.74, 6) is 2.20. The fourth-order valence-corrected chi connectivity index (χ4v) is 3.29. The minimum Gasteiger partial charge on any atom is -0.389 e. The highest BCUT2D eigenvalue weighted by Crippen LogP contribution is 2.31. The standard InChI is InChI=1S/C12H24OS/c1-2-3-7-10-14-11-12(13)8-5-4-6-9-12/h13H,2-11H2,1H3. The van der Waals surface area contributed by atoms with Crippen LogP contribution >= 0.6 is 11.8 Å². The van der Waals surface area contributed by atoms with Crippen molar-refractivity contribution in [3.05, 3.63) is 0 Å². The first kappa shape index (κ1) is 12.4. The fraction of sp³-hybridized carbons (Fsp3) is 1.00. The zero-order valence-corrected chi connectivity index (χ0v) is 10.2. The van der Waals surface area contributed by atoms with E-state index in [2.05, 4.69) is 6.92 Å². The molecule has 0 unspecified atom stereocenters. The molecule has 1 aliphatic rings. The summed E-state index contributed by atoms with van der Waals surface area (Å²) in [4.78, 5) is 0. The Morgan fingerprint density at radius 1 is 1.14 bits per heavy atom. The second-order valence-electron chi connectivity index (χ2n) is 4.54. The highest BCUT2D eigenvalue weighted by molar-refractivity contribution is 7.99. The number of aliphatic hydroxyl groups is 1. The lowest BCUT2D eigenvalue weighted by Gasteiger charge is -2.31. The van der Waals surface area contributed by atoms with E-state index in [-0.39, 0.29) is 5.60 Å². The molecule has 1 nitrogen and oxygen atoms in total. The molecule has 0 bridgehead atoms. The number of hydrogen-bond acceptors (Lipinski definition) is 2. The van der Waals surface area contributed by atoms with E-state index in [0.29, 0.717) is 0 Å². The number of unbranched alkanes of at least 4 members (excludes halogenated alkanes) is 2. The van der Waals surface area contributed by atoms with Crippen LogP contribution in [-0.2, 0) is 0 Å². The zero-order chi connectivity index (χ0) is 10.3. The van der Waals surface area contributed by atoms with E-state index in [4.69, 9.17) is 0 Å². The Kier molecular flexibility index (Phi) is 5.95. The lowest BCUT2D eigenvalue weighted by molar-refractivity contribution is 0.0273. The minimum absolute atomic E-state index is 0.310. The molecule has 0 aromatic heterocycles. The van der Waals surface area contributed by atoms with E-state index in [9.17, 15) is 5.11 Å². The largest absolute Gasteiger partial charge is 0.389 e. The van der Waals surface area contributed by atoms with Crippen LogP contribution in [0.4, 0.5) is 0 Å². The number of hydrogen-bond donors (Lipinski definition) is 1. The molecule has 2 heteroatoms. The third-order valence-corrected chi connectivity index (χ3v) is 4.37. The van der Waals surface area contributed by atoms with Crippen LogP contribution in [0.25, 0.3) is 0 Å². The van der Waals surface area contributed by atoms with Gasteiger partial charge in [-0.3, -0.25) is 0 Å². The zero-order valence-electron chi connectivity index (χ0n) is 9.43. The highest BCUT2D eigenvalue weighted by Gasteiger charge is 2.28. The van der Waals surface area contributed by atoms with Gasteiger partial charge in [0.05, 0.1) is 5.60 Å². The van der Waals surface area contributed by atoms with E-state index in [1.54, 1.807) is 0 Å². The van der Waals surface area contributed by atoms with Crippen LogP contribution in [0.1, 0.15) is 58.3 Å². The van der Waals surface area contributed by atoms with E-state index in [1.807, 2.05) is 11.8 Å². The molecule has 0 atom stereocenters. The van der Waals surface area contributed by atoms with Gasteiger partial charge in [0.15, 0.2) is 0 Å². The first-order valence-electron chi connectivity index (χ1n) is 6.07. The molecule has 84 valence electrons. The van der Waals surface area contributed by atoms with Crippen molar-refractivity contribution in [2.24, 2.45) is 0 Å². The van der Waals surface area contributed by atoms with Crippen LogP contribution in [0.3, 0.4) is 0 Å². The van der Waals surface area contributed by atoms with Crippen LogP contribution in [-0.4, -0.2) is 22.2 Å². The third-order valence-electron chi connectivity index (χ3n) is 3.05. The van der Waals surface area contributed by atoms with Crippen LogP contribution < -0.4 is 0 Å². The average molecular weight is 216 g/mol. The molecule has 0 heterocycles. The molecule has 1 saturated carbocycles. The van der Waals surface area contributed by atoms with Crippen LogP contribution in [0.2, 0.25) is 0 Å². The Labute approximate surface area is 92.7 Å². The summed E-state index contributed by atoms with van der Waals surface area (Å²) in [5, 5.41) is 10.2. The molecular weight excluding hydrogens is 192 g/mol. The van der Waals surface area contributed by atoms with Gasteiger partial charge in [-0.25, -0.2) is 0 Å². The van der Waals surface area contributed by atoms with Gasteiger partial charge in [0, 0.05) is 5.75 Å². The predicted octanol–water partition coefficient (Wildman–Crippen LogP) is 3.61. The smallest absolute Gasteiger partial charge is 0.0737 e. The van der Waals surface area contributed by atoms with Gasteiger partial charge in [0.1, 0.15) is 0 Å². The maximum atomic E-state index is 10.2. The summed E-state index contributed by atoms with van der Waals surface area (Å²) in [5.41, 5.74) is -0.310. The molecule has 1 rings (SSSR count). The normalized spacial score (nSPS) is 21.0. The van der Waals surface area contributed by atoms with Crippen molar-refractivity contribution in [2.45, 2.75) is 63.9 Å². The van der Waals surface area contributed by atoms with Gasteiger partial charge in [-0.05, 0) is 25.0 Å². The van der Waals surface area contributed by atoms with Gasteiger partial charge in [0.2, 0.25) is 0 Å². The van der Waals surface area contributed by atoms with Crippen molar-refractivity contribution in [2.75, 3.05) is 11.5 Å². The first-order valence-corrected chi connectivity index (χ1v) is 7.22. The molecule has 1 N–H and O–H groups in total. The van der Waals surface area contributed by atoms with Crippen molar-refractivity contribution in [1.82, 2.24) is 0 Å². The maximum Gasteiger partial charge on any atom is 0.0737 e. The van der Waals surface area contributed by atoms with E-state index in [0.717, 1.165) is 18.6 Å². The Morgan fingerprint density at radius 2 is 1.86 bits per heavy atom. The molecule has 0 saturated heterocycles. The Balaban J connectivity index is 2.03. The number of thioether (sulfide) groups is 1. The molecule has 14 heavy (non-hydrogen) atoms. The fourth-order valence-electron chi connectivity index (χ4n) is 2.07. The molecule has 0 aliphatic heterocycles. The van der Waals surface area contributed by atoms with Crippen LogP contribution in [0, 0.1) is 0 Å². The van der Waals surface area contributed by atoms with Crippen molar-refractivity contribution in [3.8, 4) is 0 Å². The highest BCUT2D eigenvalue weighted by atomic mass is 32.2. The lowest BCUT2D eigenvalue weighted by atomic mass is 9.86. The minimum atomic E-state index is -0.310. The predicted molar refractivity (Wildman–Crippen MR) is 64.9 cm³/mol. The Morgan fingerprint density at radius 3 is 2.50 bits per heavy atom. The van der Waals surface area contributed by atoms with Gasteiger partial charge in [-0.2, -0.15) is 11.8 Å². The Hall–Kier alpha value is 0.310. The van der Waals surface area contributed by atoms with Gasteiger partial charge in [-0.15, -0.1) is 0 Å². The van der Waals surface area contributed by atoms with E-state index >= 15 is 0 Å². The van der Waals surface area contributed by atoms with Gasteiger partial charge >= 0.3 is 0 Å². The summed E-state index contributed by atoms with van der Waals surface area (Å²) in [7, 11) is 0. The monoisotopic (exact) mass is 216 g/mol. The van der Waals surface area contributed by atoms with Crippen molar-refractivity contribution < 1.29 is 5.11 Å². The average Bonchev–Trinajstić information content (AvgIpc) is 2.18. The summed E-state index contributed by atoms with van der Waals surface area (Å²) in [6, 6.07) is 0. The summed E-state index contributed by atoms with van der Waals surface area (Å²) < 4.78 is 0. The van der Waals surface area contributed by atoms with Crippen molar-refractivity contribution >= 4 is 11.8 Å². The van der Waals surface area contributed by atoms with E-state index < -0.39 is 0 Å². The second kappa shape index (κ2) is 6.73. The molecule has 0 amide bonds. The van der Waals surface area contributed by atoms with Crippen molar-refractivity contribution in [3.63, 3.8) is 0 Å². The SMILES string of the molecule is CCCCCSCC1(O)CCCCC1. The molecule has 1 fully saturated rings. The summed E-state index contributed by atoms with van der Waals surface area (Å²) in [6.45, 7) is 2.24.